The summed E-state index contributed by atoms with van der Waals surface area (Å²) in [6.07, 6.45) is 0.223. The topological polar surface area (TPSA) is 70.2 Å². The van der Waals surface area contributed by atoms with Crippen molar-refractivity contribution in [2.75, 3.05) is 16.0 Å². The Labute approximate surface area is 146 Å². The van der Waals surface area contributed by atoms with Crippen molar-refractivity contribution >= 4 is 28.9 Å². The number of hydrogen-bond acceptors (Lipinski definition) is 3. The fourth-order valence-electron chi connectivity index (χ4n) is 2.43. The monoisotopic (exact) mass is 343 g/mol. The molecule has 0 radical (unpaired) electrons. The van der Waals surface area contributed by atoms with Gasteiger partial charge in [0.1, 0.15) is 5.82 Å². The first-order valence-corrected chi connectivity index (χ1v) is 8.03. The summed E-state index contributed by atoms with van der Waals surface area (Å²) in [6.45, 7) is 5.28. The number of hydrogen-bond donors (Lipinski definition) is 3. The minimum absolute atomic E-state index is 0.139. The third-order valence-corrected chi connectivity index (χ3v) is 3.56. The lowest BCUT2D eigenvalue weighted by atomic mass is 10.1. The van der Waals surface area contributed by atoms with E-state index in [-0.39, 0.29) is 24.3 Å². The van der Waals surface area contributed by atoms with Crippen LogP contribution in [0.5, 0.6) is 0 Å². The third kappa shape index (κ3) is 5.91. The normalized spacial score (nSPS) is 11.5. The number of benzene rings is 2. The van der Waals surface area contributed by atoms with Gasteiger partial charge in [0.15, 0.2) is 0 Å². The van der Waals surface area contributed by atoms with Gasteiger partial charge in [0, 0.05) is 36.4 Å². The zero-order chi connectivity index (χ0) is 18.4. The molecule has 0 aliphatic rings. The molecular formula is C19H22FN3O2. The zero-order valence-electron chi connectivity index (χ0n) is 14.5. The van der Waals surface area contributed by atoms with Crippen LogP contribution in [0, 0.1) is 12.7 Å². The quantitative estimate of drug-likeness (QED) is 0.744. The maximum atomic E-state index is 13.1. The molecular weight excluding hydrogens is 321 g/mol. The van der Waals surface area contributed by atoms with Gasteiger partial charge in [-0.25, -0.2) is 4.39 Å². The summed E-state index contributed by atoms with van der Waals surface area (Å²) >= 11 is 0. The highest BCUT2D eigenvalue weighted by Crippen LogP contribution is 2.21. The molecule has 3 N–H and O–H groups in total. The molecule has 0 fully saturated rings. The fraction of sp³-hybridized carbons (Fsp3) is 0.263. The molecule has 0 aromatic heterocycles. The summed E-state index contributed by atoms with van der Waals surface area (Å²) in [7, 11) is 0. The first kappa shape index (κ1) is 18.4. The molecule has 132 valence electrons. The average molecular weight is 343 g/mol. The molecule has 2 amide bonds. The molecule has 2 aromatic rings. The molecule has 0 aliphatic heterocycles. The maximum absolute atomic E-state index is 13.1. The molecule has 5 nitrogen and oxygen atoms in total. The Morgan fingerprint density at radius 1 is 1.08 bits per heavy atom. The molecule has 2 rings (SSSR count). The molecule has 6 heteroatoms. The van der Waals surface area contributed by atoms with Crippen LogP contribution in [0.25, 0.3) is 0 Å². The van der Waals surface area contributed by atoms with Gasteiger partial charge in [0.25, 0.3) is 0 Å². The number of amides is 2. The van der Waals surface area contributed by atoms with Crippen molar-refractivity contribution in [3.05, 3.63) is 53.8 Å². The van der Waals surface area contributed by atoms with E-state index < -0.39 is 5.82 Å². The van der Waals surface area contributed by atoms with E-state index in [0.717, 1.165) is 11.3 Å². The lowest BCUT2D eigenvalue weighted by molar-refractivity contribution is -0.116. The fourth-order valence-corrected chi connectivity index (χ4v) is 2.43. The Bertz CT molecular complexity index is 777. The molecule has 0 saturated carbocycles. The minimum atomic E-state index is -0.394. The van der Waals surface area contributed by atoms with Crippen molar-refractivity contribution in [1.29, 1.82) is 0 Å². The number of carbonyl (C=O) groups is 2. The van der Waals surface area contributed by atoms with E-state index in [1.165, 1.54) is 19.1 Å². The Morgan fingerprint density at radius 3 is 2.48 bits per heavy atom. The average Bonchev–Trinajstić information content (AvgIpc) is 2.49. The Kier molecular flexibility index (Phi) is 6.11. The highest BCUT2D eigenvalue weighted by atomic mass is 19.1. The van der Waals surface area contributed by atoms with Gasteiger partial charge in [0.2, 0.25) is 11.8 Å². The summed E-state index contributed by atoms with van der Waals surface area (Å²) in [5, 5.41) is 8.67. The van der Waals surface area contributed by atoms with E-state index in [1.807, 2.05) is 32.0 Å². The number of carbonyl (C=O) groups excluding carboxylic acids is 2. The van der Waals surface area contributed by atoms with Crippen molar-refractivity contribution in [2.24, 2.45) is 0 Å². The zero-order valence-corrected chi connectivity index (χ0v) is 14.5. The van der Waals surface area contributed by atoms with E-state index in [0.29, 0.717) is 11.4 Å². The first-order chi connectivity index (χ1) is 11.8. The molecule has 1 atom stereocenters. The van der Waals surface area contributed by atoms with Crippen LogP contribution < -0.4 is 16.0 Å². The maximum Gasteiger partial charge on any atom is 0.226 e. The predicted molar refractivity (Wildman–Crippen MR) is 98.2 cm³/mol. The van der Waals surface area contributed by atoms with Crippen molar-refractivity contribution < 1.29 is 14.0 Å². The van der Waals surface area contributed by atoms with Crippen molar-refractivity contribution in [3.63, 3.8) is 0 Å². The second-order valence-corrected chi connectivity index (χ2v) is 6.02. The van der Waals surface area contributed by atoms with Gasteiger partial charge < -0.3 is 16.0 Å². The SMILES string of the molecule is CC(=O)Nc1ccc(C)c(NC(C)CC(=O)Nc2cccc(F)c2)c1. The number of nitrogens with one attached hydrogen (secondary N) is 3. The van der Waals surface area contributed by atoms with Gasteiger partial charge in [-0.1, -0.05) is 12.1 Å². The van der Waals surface area contributed by atoms with E-state index in [4.69, 9.17) is 0 Å². The predicted octanol–water partition coefficient (Wildman–Crippen LogP) is 3.92. The number of rotatable bonds is 6. The van der Waals surface area contributed by atoms with Gasteiger partial charge in [-0.05, 0) is 49.7 Å². The summed E-state index contributed by atoms with van der Waals surface area (Å²) < 4.78 is 13.1. The molecule has 2 aromatic carbocycles. The Hall–Kier alpha value is -2.89. The van der Waals surface area contributed by atoms with Crippen LogP contribution in [-0.2, 0) is 9.59 Å². The smallest absolute Gasteiger partial charge is 0.226 e. The summed E-state index contributed by atoms with van der Waals surface area (Å²) in [5.74, 6) is -0.743. The molecule has 0 bridgehead atoms. The highest BCUT2D eigenvalue weighted by molar-refractivity contribution is 5.91. The van der Waals surface area contributed by atoms with Crippen LogP contribution in [0.3, 0.4) is 0 Å². The van der Waals surface area contributed by atoms with Gasteiger partial charge >= 0.3 is 0 Å². The number of halogens is 1. The number of aryl methyl sites for hydroxylation is 1. The number of anilines is 3. The van der Waals surface area contributed by atoms with Gasteiger partial charge in [-0.3, -0.25) is 9.59 Å². The minimum Gasteiger partial charge on any atom is -0.382 e. The lowest BCUT2D eigenvalue weighted by Gasteiger charge is -2.18. The van der Waals surface area contributed by atoms with Crippen LogP contribution in [0.2, 0.25) is 0 Å². The molecule has 25 heavy (non-hydrogen) atoms. The molecule has 0 spiro atoms. The Balaban J connectivity index is 1.96. The Morgan fingerprint density at radius 2 is 1.80 bits per heavy atom. The second-order valence-electron chi connectivity index (χ2n) is 6.02. The largest absolute Gasteiger partial charge is 0.382 e. The van der Waals surface area contributed by atoms with E-state index in [2.05, 4.69) is 16.0 Å². The highest BCUT2D eigenvalue weighted by Gasteiger charge is 2.11. The van der Waals surface area contributed by atoms with Crippen LogP contribution >= 0.6 is 0 Å². The van der Waals surface area contributed by atoms with E-state index in [1.54, 1.807) is 12.1 Å². The van der Waals surface area contributed by atoms with Gasteiger partial charge in [-0.2, -0.15) is 0 Å². The second kappa shape index (κ2) is 8.28. The van der Waals surface area contributed by atoms with E-state index >= 15 is 0 Å². The summed E-state index contributed by atoms with van der Waals surface area (Å²) in [4.78, 5) is 23.3. The lowest BCUT2D eigenvalue weighted by Crippen LogP contribution is -2.24. The van der Waals surface area contributed by atoms with Crippen LogP contribution in [0.1, 0.15) is 25.8 Å². The molecule has 0 heterocycles. The standard InChI is InChI=1S/C19H22FN3O2/c1-12-7-8-17(22-14(3)24)11-18(12)21-13(2)9-19(25)23-16-6-4-5-15(20)10-16/h4-8,10-11,13,21H,9H2,1-3H3,(H,22,24)(H,23,25). The van der Waals surface area contributed by atoms with Crippen LogP contribution in [0.15, 0.2) is 42.5 Å². The summed E-state index contributed by atoms with van der Waals surface area (Å²) in [5.41, 5.74) is 2.97. The van der Waals surface area contributed by atoms with Crippen molar-refractivity contribution in [1.82, 2.24) is 0 Å². The first-order valence-electron chi connectivity index (χ1n) is 8.03. The molecule has 1 unspecified atom stereocenters. The van der Waals surface area contributed by atoms with Crippen LogP contribution in [0.4, 0.5) is 21.5 Å². The van der Waals surface area contributed by atoms with Gasteiger partial charge in [0.05, 0.1) is 0 Å². The van der Waals surface area contributed by atoms with E-state index in [9.17, 15) is 14.0 Å². The van der Waals surface area contributed by atoms with Gasteiger partial charge in [-0.15, -0.1) is 0 Å². The van der Waals surface area contributed by atoms with Crippen molar-refractivity contribution in [2.45, 2.75) is 33.2 Å². The molecule has 0 saturated heterocycles. The molecule has 0 aliphatic carbocycles. The summed E-state index contributed by atoms with van der Waals surface area (Å²) in [6, 6.07) is 11.2. The third-order valence-electron chi connectivity index (χ3n) is 3.56. The van der Waals surface area contributed by atoms with Crippen LogP contribution in [-0.4, -0.2) is 17.9 Å². The van der Waals surface area contributed by atoms with Crippen molar-refractivity contribution in [3.8, 4) is 0 Å².